The van der Waals surface area contributed by atoms with Crippen LogP contribution in [-0.2, 0) is 11.2 Å². The summed E-state index contributed by atoms with van der Waals surface area (Å²) in [5, 5.41) is 4.72. The number of rotatable bonds is 6. The lowest BCUT2D eigenvalue weighted by atomic mass is 10.1. The van der Waals surface area contributed by atoms with Gasteiger partial charge in [0.05, 0.1) is 6.54 Å². The van der Waals surface area contributed by atoms with Crippen molar-refractivity contribution in [2.75, 3.05) is 6.54 Å². The molecule has 3 amide bonds. The Balaban J connectivity index is 2.03. The minimum atomic E-state index is -0.848. The number of amides is 3. The fraction of sp³-hybridized carbons (Fsp3) is 0.176. The molecule has 0 fully saturated rings. The molecule has 0 unspecified atom stereocenters. The topological polar surface area (TPSA) is 88.8 Å². The van der Waals surface area contributed by atoms with E-state index in [1.807, 2.05) is 59.9 Å². The summed E-state index contributed by atoms with van der Waals surface area (Å²) in [4.78, 5) is 23.1. The molecule has 0 spiro atoms. The number of primary amides is 1. The molecule has 0 aliphatic carbocycles. The van der Waals surface area contributed by atoms with E-state index in [2.05, 4.69) is 5.32 Å². The number of benzene rings is 2. The van der Waals surface area contributed by atoms with Crippen LogP contribution < -0.4 is 16.4 Å². The molecular formula is C17H19ClN3O2+. The lowest BCUT2D eigenvalue weighted by Gasteiger charge is -2.15. The lowest BCUT2D eigenvalue weighted by molar-refractivity contribution is -0.682. The Hall–Kier alpha value is -2.37. The largest absolute Gasteiger partial charge is 0.351 e. The minimum absolute atomic E-state index is 0.421. The first-order chi connectivity index (χ1) is 11.1. The van der Waals surface area contributed by atoms with E-state index in [1.54, 1.807) is 0 Å². The lowest BCUT2D eigenvalue weighted by Crippen LogP contribution is -2.88. The van der Waals surface area contributed by atoms with Crippen molar-refractivity contribution >= 4 is 23.5 Å². The molecule has 1 atom stereocenters. The van der Waals surface area contributed by atoms with Crippen LogP contribution in [-0.4, -0.2) is 18.5 Å². The van der Waals surface area contributed by atoms with Gasteiger partial charge in [-0.25, -0.2) is 4.79 Å². The summed E-state index contributed by atoms with van der Waals surface area (Å²) in [5.41, 5.74) is 6.96. The molecule has 23 heavy (non-hydrogen) atoms. The minimum Gasteiger partial charge on any atom is -0.351 e. The zero-order valence-electron chi connectivity index (χ0n) is 12.5. The molecule has 5 nitrogen and oxygen atoms in total. The Morgan fingerprint density at radius 3 is 2.52 bits per heavy atom. The van der Waals surface area contributed by atoms with Crippen LogP contribution in [0.5, 0.6) is 0 Å². The maximum atomic E-state index is 12.2. The number of imide groups is 1. The van der Waals surface area contributed by atoms with E-state index in [-0.39, 0.29) is 0 Å². The normalized spacial score (nSPS) is 11.7. The summed E-state index contributed by atoms with van der Waals surface area (Å²) >= 11 is 5.96. The van der Waals surface area contributed by atoms with Crippen molar-refractivity contribution in [2.24, 2.45) is 5.73 Å². The quantitative estimate of drug-likeness (QED) is 0.746. The molecular weight excluding hydrogens is 314 g/mol. The molecule has 0 radical (unpaired) electrons. The summed E-state index contributed by atoms with van der Waals surface area (Å²) < 4.78 is 0. The molecule has 0 saturated heterocycles. The highest BCUT2D eigenvalue weighted by Gasteiger charge is 2.24. The van der Waals surface area contributed by atoms with E-state index in [4.69, 9.17) is 17.3 Å². The van der Waals surface area contributed by atoms with Gasteiger partial charge in [0.1, 0.15) is 0 Å². The molecule has 0 aliphatic heterocycles. The van der Waals surface area contributed by atoms with Gasteiger partial charge in [-0.05, 0) is 17.7 Å². The first-order valence-electron chi connectivity index (χ1n) is 7.29. The van der Waals surface area contributed by atoms with Crippen molar-refractivity contribution < 1.29 is 14.9 Å². The van der Waals surface area contributed by atoms with Gasteiger partial charge in [0.2, 0.25) is 0 Å². The van der Waals surface area contributed by atoms with E-state index in [1.165, 1.54) is 0 Å². The van der Waals surface area contributed by atoms with Crippen LogP contribution >= 0.6 is 11.6 Å². The smallest absolute Gasteiger partial charge is 0.319 e. The fourth-order valence-corrected chi connectivity index (χ4v) is 2.58. The first-order valence-corrected chi connectivity index (χ1v) is 7.67. The maximum Gasteiger partial charge on any atom is 0.319 e. The van der Waals surface area contributed by atoms with Gasteiger partial charge in [-0.1, -0.05) is 54.1 Å². The van der Waals surface area contributed by atoms with Crippen molar-refractivity contribution in [3.05, 3.63) is 70.7 Å². The second-order valence-electron chi connectivity index (χ2n) is 5.15. The van der Waals surface area contributed by atoms with E-state index < -0.39 is 18.0 Å². The van der Waals surface area contributed by atoms with Gasteiger partial charge < -0.3 is 11.1 Å². The Bertz CT molecular complexity index is 677. The van der Waals surface area contributed by atoms with E-state index >= 15 is 0 Å². The van der Waals surface area contributed by atoms with Crippen molar-refractivity contribution in [3.8, 4) is 0 Å². The number of carbonyl (C=O) groups is 2. The number of nitrogens with two attached hydrogens (primary N) is 2. The summed E-state index contributed by atoms with van der Waals surface area (Å²) in [5.74, 6) is -0.421. The number of hydrogen-bond acceptors (Lipinski definition) is 2. The number of halogens is 1. The van der Waals surface area contributed by atoms with Crippen molar-refractivity contribution in [1.29, 1.82) is 0 Å². The van der Waals surface area contributed by atoms with Crippen LogP contribution in [0.25, 0.3) is 0 Å². The number of nitrogens with one attached hydrogen (secondary N) is 1. The van der Waals surface area contributed by atoms with Crippen LogP contribution in [0.2, 0.25) is 5.02 Å². The molecule has 5 N–H and O–H groups in total. The molecule has 0 heterocycles. The van der Waals surface area contributed by atoms with Gasteiger partial charge in [-0.15, -0.1) is 0 Å². The summed E-state index contributed by atoms with van der Waals surface area (Å²) in [6.07, 6.45) is 0.758. The monoisotopic (exact) mass is 332 g/mol. The number of urea groups is 1. The van der Waals surface area contributed by atoms with Gasteiger partial charge in [-0.2, -0.15) is 0 Å². The van der Waals surface area contributed by atoms with Gasteiger partial charge in [0.15, 0.2) is 6.04 Å². The third-order valence-corrected chi connectivity index (χ3v) is 3.65. The fourth-order valence-electron chi connectivity index (χ4n) is 2.36. The molecule has 2 rings (SSSR count). The predicted octanol–water partition coefficient (Wildman–Crippen LogP) is 1.38. The Kier molecular flexibility index (Phi) is 6.14. The highest BCUT2D eigenvalue weighted by molar-refractivity contribution is 6.30. The van der Waals surface area contributed by atoms with E-state index in [0.29, 0.717) is 11.6 Å². The van der Waals surface area contributed by atoms with Crippen LogP contribution in [0, 0.1) is 0 Å². The highest BCUT2D eigenvalue weighted by Crippen LogP contribution is 2.11. The zero-order chi connectivity index (χ0) is 16.7. The van der Waals surface area contributed by atoms with Crippen molar-refractivity contribution in [2.45, 2.75) is 12.5 Å². The maximum absolute atomic E-state index is 12.2. The van der Waals surface area contributed by atoms with Gasteiger partial charge in [-0.3, -0.25) is 10.1 Å². The van der Waals surface area contributed by atoms with Crippen LogP contribution in [0.15, 0.2) is 54.6 Å². The molecule has 0 aromatic heterocycles. The molecule has 6 heteroatoms. The average molecular weight is 333 g/mol. The van der Waals surface area contributed by atoms with Crippen LogP contribution in [0.3, 0.4) is 0 Å². The Morgan fingerprint density at radius 1 is 1.13 bits per heavy atom. The zero-order valence-corrected chi connectivity index (χ0v) is 13.3. The summed E-state index contributed by atoms with van der Waals surface area (Å²) in [7, 11) is 0. The molecule has 0 bridgehead atoms. The summed E-state index contributed by atoms with van der Waals surface area (Å²) in [6.45, 7) is 0.673. The summed E-state index contributed by atoms with van der Waals surface area (Å²) in [6, 6.07) is 15.5. The van der Waals surface area contributed by atoms with Crippen LogP contribution in [0.4, 0.5) is 4.79 Å². The third kappa shape index (κ3) is 5.39. The standard InChI is InChI=1S/C17H18ClN3O2/c18-14-8-4-5-12(11-14)9-10-20-15(16(22)21-17(19)23)13-6-2-1-3-7-13/h1-8,11,15,20H,9-10H2,(H3,19,21,22,23)/p+1/t15-/m1/s1. The van der Waals surface area contributed by atoms with E-state index in [9.17, 15) is 9.59 Å². The Morgan fingerprint density at radius 2 is 1.87 bits per heavy atom. The number of quaternary nitrogens is 1. The molecule has 2 aromatic rings. The average Bonchev–Trinajstić information content (AvgIpc) is 2.51. The molecule has 120 valence electrons. The van der Waals surface area contributed by atoms with Gasteiger partial charge in [0, 0.05) is 17.0 Å². The molecule has 0 saturated carbocycles. The Labute approximate surface area is 139 Å². The number of carbonyl (C=O) groups excluding carboxylic acids is 2. The second-order valence-corrected chi connectivity index (χ2v) is 5.58. The molecule has 0 aliphatic rings. The van der Waals surface area contributed by atoms with Crippen molar-refractivity contribution in [3.63, 3.8) is 0 Å². The highest BCUT2D eigenvalue weighted by atomic mass is 35.5. The van der Waals surface area contributed by atoms with E-state index in [0.717, 1.165) is 17.5 Å². The van der Waals surface area contributed by atoms with Gasteiger partial charge in [0.25, 0.3) is 5.91 Å². The van der Waals surface area contributed by atoms with Crippen molar-refractivity contribution in [1.82, 2.24) is 5.32 Å². The number of hydrogen-bond donors (Lipinski definition) is 3. The SMILES string of the molecule is NC(=O)NC(=O)[C@H]([NH2+]CCc1cccc(Cl)c1)c1ccccc1. The predicted molar refractivity (Wildman–Crippen MR) is 88.9 cm³/mol. The first kappa shape index (κ1) is 17.0. The van der Waals surface area contributed by atoms with Gasteiger partial charge >= 0.3 is 6.03 Å². The second kappa shape index (κ2) is 8.31. The van der Waals surface area contributed by atoms with Crippen LogP contribution in [0.1, 0.15) is 17.2 Å². The molecule has 2 aromatic carbocycles. The third-order valence-electron chi connectivity index (χ3n) is 3.41.